The van der Waals surface area contributed by atoms with Gasteiger partial charge in [-0.1, -0.05) is 12.1 Å². The maximum absolute atomic E-state index is 13.7. The van der Waals surface area contributed by atoms with E-state index >= 15 is 0 Å². The van der Waals surface area contributed by atoms with Crippen LogP contribution in [0.2, 0.25) is 0 Å². The number of nitrogens with one attached hydrogen (secondary N) is 1. The SMILES string of the molecule is CN1CCCN(c2ccc3c(=O)c(C(=O)NCc4nccs4)c4sc5ccccc5n4c3n2)CC1. The highest BCUT2D eigenvalue weighted by atomic mass is 32.1. The molecule has 1 aliphatic heterocycles. The quantitative estimate of drug-likeness (QED) is 0.403. The van der Waals surface area contributed by atoms with Crippen molar-refractivity contribution in [2.75, 3.05) is 38.1 Å². The first-order valence-electron chi connectivity index (χ1n) is 11.6. The molecule has 1 N–H and O–H groups in total. The van der Waals surface area contributed by atoms with Gasteiger partial charge in [0.25, 0.3) is 5.91 Å². The second-order valence-corrected chi connectivity index (χ2v) is 10.7. The van der Waals surface area contributed by atoms with Crippen LogP contribution in [0.15, 0.2) is 52.8 Å². The zero-order valence-corrected chi connectivity index (χ0v) is 20.9. The summed E-state index contributed by atoms with van der Waals surface area (Å²) in [4.78, 5) is 41.4. The number of carbonyl (C=O) groups excluding carboxylic acids is 1. The van der Waals surface area contributed by atoms with Crippen LogP contribution in [0.3, 0.4) is 0 Å². The van der Waals surface area contributed by atoms with Crippen molar-refractivity contribution in [1.29, 1.82) is 0 Å². The Kier molecular flexibility index (Phi) is 5.71. The summed E-state index contributed by atoms with van der Waals surface area (Å²) in [6.07, 6.45) is 2.76. The number of para-hydroxylation sites is 1. The number of aromatic nitrogens is 3. The largest absolute Gasteiger partial charge is 0.355 e. The highest BCUT2D eigenvalue weighted by Crippen LogP contribution is 2.31. The third-order valence-electron chi connectivity index (χ3n) is 6.43. The molecule has 0 radical (unpaired) electrons. The summed E-state index contributed by atoms with van der Waals surface area (Å²) >= 11 is 2.91. The Hall–Kier alpha value is -3.34. The van der Waals surface area contributed by atoms with Crippen LogP contribution in [0.5, 0.6) is 0 Å². The molecule has 1 aromatic carbocycles. The molecule has 8 nitrogen and oxygen atoms in total. The molecule has 1 aliphatic rings. The Labute approximate surface area is 209 Å². The maximum Gasteiger partial charge on any atom is 0.258 e. The van der Waals surface area contributed by atoms with E-state index in [-0.39, 0.29) is 17.5 Å². The average molecular weight is 505 g/mol. The minimum Gasteiger partial charge on any atom is -0.355 e. The zero-order valence-electron chi connectivity index (χ0n) is 19.2. The minimum atomic E-state index is -0.393. The van der Waals surface area contributed by atoms with E-state index < -0.39 is 5.91 Å². The standard InChI is InChI=1S/C25H24N6O2S2/c1-29-10-4-11-30(13-12-29)19-8-7-16-22(32)21(24(33)27-15-20-26-9-14-34-20)25-31(23(16)28-19)17-5-2-3-6-18(17)35-25/h2-3,5-9,14H,4,10-13,15H2,1H3,(H,27,33). The van der Waals surface area contributed by atoms with Crippen molar-refractivity contribution in [3.63, 3.8) is 0 Å². The topological polar surface area (TPSA) is 82.8 Å². The van der Waals surface area contributed by atoms with Crippen molar-refractivity contribution in [2.45, 2.75) is 13.0 Å². The highest BCUT2D eigenvalue weighted by molar-refractivity contribution is 7.24. The van der Waals surface area contributed by atoms with Crippen LogP contribution in [0.4, 0.5) is 5.82 Å². The molecule has 10 heteroatoms. The number of thiazole rings is 2. The summed E-state index contributed by atoms with van der Waals surface area (Å²) in [5.41, 5.74) is 1.39. The van der Waals surface area contributed by atoms with E-state index in [9.17, 15) is 9.59 Å². The Bertz CT molecular complexity index is 1610. The van der Waals surface area contributed by atoms with Gasteiger partial charge in [0.1, 0.15) is 21.2 Å². The first-order chi connectivity index (χ1) is 17.1. The molecule has 5 heterocycles. The second kappa shape index (κ2) is 9.03. The van der Waals surface area contributed by atoms with E-state index in [1.165, 1.54) is 22.7 Å². The predicted octanol–water partition coefficient (Wildman–Crippen LogP) is 3.59. The van der Waals surface area contributed by atoms with E-state index in [1.54, 1.807) is 6.20 Å². The molecule has 1 saturated heterocycles. The van der Waals surface area contributed by atoms with Gasteiger partial charge in [0, 0.05) is 31.2 Å². The fourth-order valence-corrected chi connectivity index (χ4v) is 6.35. The molecule has 6 rings (SSSR count). The predicted molar refractivity (Wildman–Crippen MR) is 142 cm³/mol. The van der Waals surface area contributed by atoms with Gasteiger partial charge in [0.15, 0.2) is 5.65 Å². The number of rotatable bonds is 4. The lowest BCUT2D eigenvalue weighted by molar-refractivity contribution is 0.0951. The van der Waals surface area contributed by atoms with Crippen molar-refractivity contribution in [3.8, 4) is 0 Å². The van der Waals surface area contributed by atoms with Gasteiger partial charge in [-0.15, -0.1) is 22.7 Å². The zero-order chi connectivity index (χ0) is 23.9. The van der Waals surface area contributed by atoms with Crippen LogP contribution in [0, 0.1) is 0 Å². The van der Waals surface area contributed by atoms with E-state index in [1.807, 2.05) is 46.2 Å². The molecule has 35 heavy (non-hydrogen) atoms. The van der Waals surface area contributed by atoms with Crippen LogP contribution >= 0.6 is 22.7 Å². The maximum atomic E-state index is 13.7. The van der Waals surface area contributed by atoms with E-state index in [0.29, 0.717) is 15.9 Å². The minimum absolute atomic E-state index is 0.154. The second-order valence-electron chi connectivity index (χ2n) is 8.71. The molecule has 0 spiro atoms. The van der Waals surface area contributed by atoms with Gasteiger partial charge in [-0.2, -0.15) is 0 Å². The Balaban J connectivity index is 1.53. The van der Waals surface area contributed by atoms with E-state index in [4.69, 9.17) is 4.98 Å². The number of hydrogen-bond donors (Lipinski definition) is 1. The first-order valence-corrected chi connectivity index (χ1v) is 13.3. The molecule has 4 aromatic heterocycles. The summed E-state index contributed by atoms with van der Waals surface area (Å²) in [5.74, 6) is 0.466. The van der Waals surface area contributed by atoms with Crippen LogP contribution in [0.1, 0.15) is 21.8 Å². The van der Waals surface area contributed by atoms with Crippen LogP contribution in [-0.2, 0) is 6.54 Å². The van der Waals surface area contributed by atoms with Crippen LogP contribution in [0.25, 0.3) is 26.1 Å². The number of amides is 1. The van der Waals surface area contributed by atoms with Crippen molar-refractivity contribution in [2.24, 2.45) is 0 Å². The normalized spacial score (nSPS) is 15.2. The molecule has 178 valence electrons. The number of likely N-dealkylation sites (N-methyl/N-ethyl adjacent to an activating group) is 1. The number of carbonyl (C=O) groups is 1. The van der Waals surface area contributed by atoms with Gasteiger partial charge in [-0.05, 0) is 44.3 Å². The number of benzene rings is 1. The lowest BCUT2D eigenvalue weighted by atomic mass is 10.1. The highest BCUT2D eigenvalue weighted by Gasteiger charge is 2.24. The van der Waals surface area contributed by atoms with Crippen molar-refractivity contribution in [3.05, 3.63) is 68.8 Å². The fourth-order valence-electron chi connectivity index (χ4n) is 4.61. The first kappa shape index (κ1) is 22.1. The van der Waals surface area contributed by atoms with Crippen LogP contribution in [-0.4, -0.2) is 58.4 Å². The molecular formula is C25H24N6O2S2. The van der Waals surface area contributed by atoms with E-state index in [0.717, 1.165) is 53.6 Å². The molecular weight excluding hydrogens is 480 g/mol. The van der Waals surface area contributed by atoms with Gasteiger partial charge < -0.3 is 15.1 Å². The lowest BCUT2D eigenvalue weighted by Crippen LogP contribution is -2.30. The molecule has 5 aromatic rings. The number of nitrogens with zero attached hydrogens (tertiary/aromatic N) is 5. The summed E-state index contributed by atoms with van der Waals surface area (Å²) in [6, 6.07) is 11.7. The molecule has 1 fully saturated rings. The third kappa shape index (κ3) is 3.97. The molecule has 0 bridgehead atoms. The number of pyridine rings is 2. The van der Waals surface area contributed by atoms with Crippen molar-refractivity contribution >= 4 is 60.5 Å². The lowest BCUT2D eigenvalue weighted by Gasteiger charge is -2.22. The Morgan fingerprint density at radius 2 is 2.00 bits per heavy atom. The summed E-state index contributed by atoms with van der Waals surface area (Å²) in [7, 11) is 2.14. The summed E-state index contributed by atoms with van der Waals surface area (Å²) < 4.78 is 2.97. The van der Waals surface area contributed by atoms with Gasteiger partial charge >= 0.3 is 0 Å². The monoisotopic (exact) mass is 504 g/mol. The summed E-state index contributed by atoms with van der Waals surface area (Å²) in [6.45, 7) is 4.11. The van der Waals surface area contributed by atoms with Gasteiger partial charge in [0.05, 0.1) is 22.1 Å². The fraction of sp³-hybridized carbons (Fsp3) is 0.280. The third-order valence-corrected chi connectivity index (χ3v) is 8.35. The van der Waals surface area contributed by atoms with Gasteiger partial charge in [-0.25, -0.2) is 9.97 Å². The molecule has 1 amide bonds. The molecule has 0 unspecified atom stereocenters. The Morgan fingerprint density at radius 1 is 1.11 bits per heavy atom. The number of hydrogen-bond acceptors (Lipinski definition) is 8. The molecule has 0 aliphatic carbocycles. The number of anilines is 1. The summed E-state index contributed by atoms with van der Waals surface area (Å²) in [5, 5.41) is 5.99. The van der Waals surface area contributed by atoms with Crippen molar-refractivity contribution < 1.29 is 4.79 Å². The van der Waals surface area contributed by atoms with E-state index in [2.05, 4.69) is 27.1 Å². The Morgan fingerprint density at radius 3 is 2.86 bits per heavy atom. The smallest absolute Gasteiger partial charge is 0.258 e. The molecule has 0 saturated carbocycles. The van der Waals surface area contributed by atoms with Gasteiger partial charge in [-0.3, -0.25) is 14.0 Å². The average Bonchev–Trinajstić information content (AvgIpc) is 3.47. The van der Waals surface area contributed by atoms with Crippen molar-refractivity contribution in [1.82, 2.24) is 24.6 Å². The van der Waals surface area contributed by atoms with Gasteiger partial charge in [0.2, 0.25) is 5.43 Å². The number of fused-ring (bicyclic) bond motifs is 5. The van der Waals surface area contributed by atoms with Crippen LogP contribution < -0.4 is 15.6 Å². The molecule has 0 atom stereocenters.